The Morgan fingerprint density at radius 3 is 2.45 bits per heavy atom. The van der Waals surface area contributed by atoms with Crippen LogP contribution in [-0.2, 0) is 19.1 Å². The van der Waals surface area contributed by atoms with Crippen molar-refractivity contribution in [1.29, 1.82) is 5.26 Å². The summed E-state index contributed by atoms with van der Waals surface area (Å²) in [5.41, 5.74) is 4.15. The summed E-state index contributed by atoms with van der Waals surface area (Å²) in [5, 5.41) is 14.6. The molecular formula is C31H30N4O5. The molecule has 2 heterocycles. The van der Waals surface area contributed by atoms with Crippen LogP contribution < -0.4 is 4.74 Å². The summed E-state index contributed by atoms with van der Waals surface area (Å²) < 4.78 is 12.5. The highest BCUT2D eigenvalue weighted by Gasteiger charge is 2.35. The molecule has 0 N–H and O–H groups in total. The summed E-state index contributed by atoms with van der Waals surface area (Å²) in [7, 11) is 0. The number of carbonyl (C=O) groups excluding carboxylic acids is 3. The zero-order valence-corrected chi connectivity index (χ0v) is 23.1. The standard InChI is InChI=1S/C31H30N4O5/c1-19(2)40-25-11-12-26(20(3)15-25)29-23(18-35(33-29)24-9-7-6-8-10-24)16-27-21(4)28(17-32)31(38)34(30(27)37)13-14-39-22(5)36/h6-12,15-16,18-19H,13-14H2,1-5H3/b27-16+. The molecule has 9 heteroatoms. The number of nitriles is 1. The van der Waals surface area contributed by atoms with Crippen LogP contribution in [0.5, 0.6) is 5.75 Å². The minimum absolute atomic E-state index is 0.0238. The van der Waals surface area contributed by atoms with Crippen molar-refractivity contribution < 1.29 is 23.9 Å². The molecule has 3 aromatic rings. The van der Waals surface area contributed by atoms with Gasteiger partial charge >= 0.3 is 5.97 Å². The van der Waals surface area contributed by atoms with Gasteiger partial charge in [0.15, 0.2) is 0 Å². The number of ether oxygens (including phenoxy) is 2. The van der Waals surface area contributed by atoms with Gasteiger partial charge in [0.1, 0.15) is 29.7 Å². The van der Waals surface area contributed by atoms with Crippen LogP contribution in [-0.4, -0.2) is 51.7 Å². The van der Waals surface area contributed by atoms with Crippen molar-refractivity contribution >= 4 is 23.9 Å². The van der Waals surface area contributed by atoms with E-state index in [0.29, 0.717) is 11.3 Å². The lowest BCUT2D eigenvalue weighted by Crippen LogP contribution is -2.44. The Hall–Kier alpha value is -4.97. The third-order valence-corrected chi connectivity index (χ3v) is 6.33. The summed E-state index contributed by atoms with van der Waals surface area (Å²) in [6.45, 7) is 8.36. The summed E-state index contributed by atoms with van der Waals surface area (Å²) in [6.07, 6.45) is 3.48. The maximum Gasteiger partial charge on any atom is 0.302 e. The molecule has 1 aromatic heterocycles. The van der Waals surface area contributed by atoms with Crippen molar-refractivity contribution in [2.45, 2.75) is 40.7 Å². The monoisotopic (exact) mass is 538 g/mol. The molecule has 0 unspecified atom stereocenters. The molecule has 1 aliphatic heterocycles. The second-order valence-corrected chi connectivity index (χ2v) is 9.63. The van der Waals surface area contributed by atoms with E-state index in [0.717, 1.165) is 27.5 Å². The molecule has 0 fully saturated rings. The molecule has 0 radical (unpaired) electrons. The van der Waals surface area contributed by atoms with Crippen LogP contribution in [0.25, 0.3) is 23.0 Å². The van der Waals surface area contributed by atoms with Crippen LogP contribution in [0.4, 0.5) is 0 Å². The largest absolute Gasteiger partial charge is 0.491 e. The molecule has 0 spiro atoms. The first-order valence-corrected chi connectivity index (χ1v) is 12.9. The van der Waals surface area contributed by atoms with Crippen molar-refractivity contribution in [2.24, 2.45) is 0 Å². The SMILES string of the molecule is CC(=O)OCCN1C(=O)C(C#N)=C(C)/C(=C\c2cn(-c3ccccc3)nc2-c2ccc(OC(C)C)cc2C)C1=O. The molecule has 0 aliphatic carbocycles. The number of hydrogen-bond acceptors (Lipinski definition) is 7. The van der Waals surface area contributed by atoms with Gasteiger partial charge in [0, 0.05) is 29.8 Å². The van der Waals surface area contributed by atoms with Gasteiger partial charge in [-0.25, -0.2) is 4.68 Å². The van der Waals surface area contributed by atoms with Crippen molar-refractivity contribution in [3.63, 3.8) is 0 Å². The van der Waals surface area contributed by atoms with Crippen LogP contribution >= 0.6 is 0 Å². The van der Waals surface area contributed by atoms with Crippen LogP contribution in [0, 0.1) is 18.3 Å². The lowest BCUT2D eigenvalue weighted by molar-refractivity contribution is -0.147. The van der Waals surface area contributed by atoms with Gasteiger partial charge in [-0.05, 0) is 75.2 Å². The Balaban J connectivity index is 1.86. The first kappa shape index (κ1) is 28.0. The van der Waals surface area contributed by atoms with E-state index < -0.39 is 17.8 Å². The number of aryl methyl sites for hydroxylation is 1. The third kappa shape index (κ3) is 5.86. The Morgan fingerprint density at radius 2 is 1.82 bits per heavy atom. The minimum atomic E-state index is -0.717. The molecule has 0 atom stereocenters. The van der Waals surface area contributed by atoms with Crippen LogP contribution in [0.1, 0.15) is 38.8 Å². The molecule has 0 bridgehead atoms. The van der Waals surface area contributed by atoms with E-state index in [1.807, 2.05) is 81.6 Å². The predicted molar refractivity (Wildman–Crippen MR) is 149 cm³/mol. The van der Waals surface area contributed by atoms with Gasteiger partial charge in [-0.2, -0.15) is 10.4 Å². The number of hydrogen-bond donors (Lipinski definition) is 0. The van der Waals surface area contributed by atoms with Gasteiger partial charge in [0.25, 0.3) is 11.8 Å². The number of imide groups is 1. The molecule has 4 rings (SSSR count). The lowest BCUT2D eigenvalue weighted by Gasteiger charge is -2.27. The van der Waals surface area contributed by atoms with E-state index in [2.05, 4.69) is 0 Å². The normalized spacial score (nSPS) is 14.6. The second kappa shape index (κ2) is 11.8. The average molecular weight is 539 g/mol. The highest BCUT2D eigenvalue weighted by molar-refractivity contribution is 6.19. The number of nitrogens with zero attached hydrogens (tertiary/aromatic N) is 4. The fourth-order valence-electron chi connectivity index (χ4n) is 4.43. The Labute approximate surface area is 232 Å². The summed E-state index contributed by atoms with van der Waals surface area (Å²) >= 11 is 0. The predicted octanol–water partition coefficient (Wildman–Crippen LogP) is 4.79. The number of rotatable bonds is 8. The zero-order valence-electron chi connectivity index (χ0n) is 23.1. The Morgan fingerprint density at radius 1 is 1.10 bits per heavy atom. The maximum atomic E-state index is 13.5. The Bertz CT molecular complexity index is 1570. The molecule has 204 valence electrons. The second-order valence-electron chi connectivity index (χ2n) is 9.63. The van der Waals surface area contributed by atoms with E-state index in [9.17, 15) is 19.6 Å². The van der Waals surface area contributed by atoms with E-state index in [1.165, 1.54) is 6.92 Å². The number of para-hydroxylation sites is 1. The number of amides is 2. The van der Waals surface area contributed by atoms with Gasteiger partial charge in [-0.3, -0.25) is 19.3 Å². The quantitative estimate of drug-likeness (QED) is 0.230. The minimum Gasteiger partial charge on any atom is -0.491 e. The van der Waals surface area contributed by atoms with E-state index in [-0.39, 0.29) is 36.0 Å². The zero-order chi connectivity index (χ0) is 29.0. The van der Waals surface area contributed by atoms with Gasteiger partial charge < -0.3 is 9.47 Å². The molecule has 0 saturated heterocycles. The summed E-state index contributed by atoms with van der Waals surface area (Å²) in [5.74, 6) is -1.09. The summed E-state index contributed by atoms with van der Waals surface area (Å²) in [4.78, 5) is 38.6. The van der Waals surface area contributed by atoms with Gasteiger partial charge in [-0.1, -0.05) is 18.2 Å². The van der Waals surface area contributed by atoms with Gasteiger partial charge in [0.05, 0.1) is 18.3 Å². The first-order chi connectivity index (χ1) is 19.1. The molecule has 9 nitrogen and oxygen atoms in total. The molecule has 2 amide bonds. The number of esters is 1. The number of aromatic nitrogens is 2. The number of carbonyl (C=O) groups is 3. The maximum absolute atomic E-state index is 13.5. The highest BCUT2D eigenvalue weighted by atomic mass is 16.5. The van der Waals surface area contributed by atoms with E-state index >= 15 is 0 Å². The van der Waals surface area contributed by atoms with Crippen LogP contribution in [0.3, 0.4) is 0 Å². The van der Waals surface area contributed by atoms with Gasteiger partial charge in [0.2, 0.25) is 0 Å². The van der Waals surface area contributed by atoms with Crippen molar-refractivity contribution in [3.05, 3.63) is 82.6 Å². The first-order valence-electron chi connectivity index (χ1n) is 12.9. The fraction of sp³-hybridized carbons (Fsp3) is 0.258. The average Bonchev–Trinajstić information content (AvgIpc) is 3.32. The Kier molecular flexibility index (Phi) is 8.29. The van der Waals surface area contributed by atoms with Crippen molar-refractivity contribution in [1.82, 2.24) is 14.7 Å². The molecule has 40 heavy (non-hydrogen) atoms. The van der Waals surface area contributed by atoms with E-state index in [1.54, 1.807) is 17.7 Å². The van der Waals surface area contributed by atoms with E-state index in [4.69, 9.17) is 14.6 Å². The molecular weight excluding hydrogens is 508 g/mol. The topological polar surface area (TPSA) is 115 Å². The summed E-state index contributed by atoms with van der Waals surface area (Å²) in [6, 6.07) is 17.2. The fourth-order valence-corrected chi connectivity index (χ4v) is 4.43. The molecule has 1 aliphatic rings. The lowest BCUT2D eigenvalue weighted by atomic mass is 9.93. The van der Waals surface area contributed by atoms with Crippen LogP contribution in [0.15, 0.2) is 71.4 Å². The smallest absolute Gasteiger partial charge is 0.302 e. The number of benzene rings is 2. The highest BCUT2D eigenvalue weighted by Crippen LogP contribution is 2.33. The third-order valence-electron chi connectivity index (χ3n) is 6.33. The van der Waals surface area contributed by atoms with Crippen molar-refractivity contribution in [3.8, 4) is 28.8 Å². The molecule has 0 saturated carbocycles. The van der Waals surface area contributed by atoms with Crippen LogP contribution in [0.2, 0.25) is 0 Å². The molecule has 2 aromatic carbocycles. The van der Waals surface area contributed by atoms with Crippen molar-refractivity contribution in [2.75, 3.05) is 13.2 Å². The van der Waals surface area contributed by atoms with Gasteiger partial charge in [-0.15, -0.1) is 0 Å².